The Hall–Kier alpha value is -3.50. The van der Waals surface area contributed by atoms with Crippen molar-refractivity contribution in [3.05, 3.63) is 84.4 Å². The number of anilines is 1. The van der Waals surface area contributed by atoms with Crippen LogP contribution < -0.4 is 14.4 Å². The zero-order valence-corrected chi connectivity index (χ0v) is 27.3. The van der Waals surface area contributed by atoms with Crippen molar-refractivity contribution < 1.29 is 22.7 Å². The van der Waals surface area contributed by atoms with Crippen molar-refractivity contribution in [3.63, 3.8) is 0 Å². The van der Waals surface area contributed by atoms with Crippen molar-refractivity contribution in [3.8, 4) is 5.75 Å². The van der Waals surface area contributed by atoms with Gasteiger partial charge in [0.15, 0.2) is 0 Å². The van der Waals surface area contributed by atoms with Gasteiger partial charge in [-0.1, -0.05) is 44.2 Å². The van der Waals surface area contributed by atoms with Gasteiger partial charge in [-0.15, -0.1) is 11.8 Å². The predicted octanol–water partition coefficient (Wildman–Crippen LogP) is 5.77. The molecule has 0 fully saturated rings. The molecule has 8 nitrogen and oxygen atoms in total. The molecule has 3 aromatic rings. The first-order valence-corrected chi connectivity index (χ1v) is 17.3. The Morgan fingerprint density at radius 2 is 1.56 bits per heavy atom. The summed E-state index contributed by atoms with van der Waals surface area (Å²) in [6, 6.07) is 22.1. The number of hydrogen-bond acceptors (Lipinski definition) is 6. The highest BCUT2D eigenvalue weighted by Crippen LogP contribution is 2.28. The van der Waals surface area contributed by atoms with E-state index in [2.05, 4.69) is 5.32 Å². The van der Waals surface area contributed by atoms with E-state index in [1.54, 1.807) is 48.5 Å². The Morgan fingerprint density at radius 3 is 2.12 bits per heavy atom. The lowest BCUT2D eigenvalue weighted by Crippen LogP contribution is -2.54. The molecule has 0 unspecified atom stereocenters. The molecular weight excluding hydrogens is 583 g/mol. The Bertz CT molecular complexity index is 1420. The van der Waals surface area contributed by atoms with Crippen LogP contribution in [0.1, 0.15) is 46.1 Å². The fourth-order valence-corrected chi connectivity index (χ4v) is 6.44. The zero-order chi connectivity index (χ0) is 31.4. The third-order valence-electron chi connectivity index (χ3n) is 7.23. The summed E-state index contributed by atoms with van der Waals surface area (Å²) in [6.45, 7) is 7.89. The van der Waals surface area contributed by atoms with Crippen molar-refractivity contribution in [2.45, 2.75) is 68.8 Å². The normalized spacial score (nSPS) is 12.7. The number of nitrogens with one attached hydrogen (secondary N) is 1. The Balaban J connectivity index is 2.02. The molecule has 0 aliphatic heterocycles. The maximum atomic E-state index is 14.2. The number of carbonyl (C=O) groups is 2. The second kappa shape index (κ2) is 16.4. The Morgan fingerprint density at radius 1 is 0.907 bits per heavy atom. The third-order valence-corrected chi connectivity index (χ3v) is 9.76. The zero-order valence-electron chi connectivity index (χ0n) is 25.7. The summed E-state index contributed by atoms with van der Waals surface area (Å²) in [5.41, 5.74) is 1.34. The van der Waals surface area contributed by atoms with E-state index in [1.807, 2.05) is 64.3 Å². The van der Waals surface area contributed by atoms with Crippen LogP contribution in [0.4, 0.5) is 5.69 Å². The lowest BCUT2D eigenvalue weighted by atomic mass is 10.1. The van der Waals surface area contributed by atoms with Gasteiger partial charge in [0.05, 0.1) is 17.2 Å². The summed E-state index contributed by atoms with van der Waals surface area (Å²) in [5, 5.41) is 3.00. The monoisotopic (exact) mass is 625 g/mol. The Kier molecular flexibility index (Phi) is 12.9. The first kappa shape index (κ1) is 34.0. The molecule has 0 aliphatic carbocycles. The summed E-state index contributed by atoms with van der Waals surface area (Å²) in [6.07, 6.45) is 3.57. The van der Waals surface area contributed by atoms with Crippen LogP contribution in [0.25, 0.3) is 0 Å². The number of rotatable bonds is 16. The van der Waals surface area contributed by atoms with Gasteiger partial charge in [0.1, 0.15) is 18.3 Å². The molecule has 1 N–H and O–H groups in total. The highest BCUT2D eigenvalue weighted by Gasteiger charge is 2.33. The number of amides is 2. The van der Waals surface area contributed by atoms with Crippen molar-refractivity contribution in [2.24, 2.45) is 0 Å². The minimum Gasteiger partial charge on any atom is -0.494 e. The summed E-state index contributed by atoms with van der Waals surface area (Å²) >= 11 is 1.51. The van der Waals surface area contributed by atoms with E-state index in [1.165, 1.54) is 16.7 Å². The fraction of sp³-hybridized carbons (Fsp3) is 0.394. The molecule has 2 atom stereocenters. The Labute approximate surface area is 260 Å². The van der Waals surface area contributed by atoms with E-state index >= 15 is 0 Å². The molecule has 232 valence electrons. The molecular formula is C33H43N3O5S2. The third kappa shape index (κ3) is 9.24. The minimum absolute atomic E-state index is 0.0578. The first-order valence-electron chi connectivity index (χ1n) is 14.7. The lowest BCUT2D eigenvalue weighted by molar-refractivity contribution is -0.139. The smallest absolute Gasteiger partial charge is 0.264 e. The molecule has 0 radical (unpaired) electrons. The maximum absolute atomic E-state index is 14.2. The van der Waals surface area contributed by atoms with Crippen LogP contribution in [0.3, 0.4) is 0 Å². The minimum atomic E-state index is -4.14. The van der Waals surface area contributed by atoms with E-state index in [0.717, 1.165) is 21.2 Å². The van der Waals surface area contributed by atoms with Crippen molar-refractivity contribution in [1.29, 1.82) is 0 Å². The van der Waals surface area contributed by atoms with E-state index < -0.39 is 28.5 Å². The molecule has 43 heavy (non-hydrogen) atoms. The van der Waals surface area contributed by atoms with E-state index in [4.69, 9.17) is 4.74 Å². The van der Waals surface area contributed by atoms with E-state index in [9.17, 15) is 18.0 Å². The standard InChI is InChI=1S/C33H43N3O5S2/c1-6-25(4)34-33(38)31(7-2)35(23-22-26-12-10-9-11-13-26)32(37)24-36(27-14-16-28(17-15-27)41-8-3)43(39,40)30-20-18-29(42-5)19-21-30/h9-21,25,31H,6-8,22-24H2,1-5H3,(H,34,38)/t25-,31-/m0/s1. The highest BCUT2D eigenvalue weighted by molar-refractivity contribution is 7.98. The number of hydrogen-bond donors (Lipinski definition) is 1. The number of ether oxygens (including phenoxy) is 1. The van der Waals surface area contributed by atoms with Crippen LogP contribution in [0.5, 0.6) is 5.75 Å². The number of nitrogens with zero attached hydrogens (tertiary/aromatic N) is 2. The van der Waals surface area contributed by atoms with E-state index in [-0.39, 0.29) is 23.4 Å². The van der Waals surface area contributed by atoms with Crippen molar-refractivity contribution >= 4 is 39.3 Å². The summed E-state index contributed by atoms with van der Waals surface area (Å²) < 4.78 is 34.8. The van der Waals surface area contributed by atoms with Crippen LogP contribution in [0.15, 0.2) is 88.7 Å². The molecule has 10 heteroatoms. The summed E-state index contributed by atoms with van der Waals surface area (Å²) in [4.78, 5) is 30.1. The predicted molar refractivity (Wildman–Crippen MR) is 174 cm³/mol. The molecule has 2 amide bonds. The fourth-order valence-electron chi connectivity index (χ4n) is 4.62. The topological polar surface area (TPSA) is 96.0 Å². The van der Waals surface area contributed by atoms with Crippen molar-refractivity contribution in [2.75, 3.05) is 30.3 Å². The summed E-state index contributed by atoms with van der Waals surface area (Å²) in [7, 11) is -4.14. The first-order chi connectivity index (χ1) is 20.6. The number of benzene rings is 3. The quantitative estimate of drug-likeness (QED) is 0.203. The van der Waals surface area contributed by atoms with Gasteiger partial charge in [0.25, 0.3) is 10.0 Å². The van der Waals surface area contributed by atoms with Gasteiger partial charge in [-0.3, -0.25) is 13.9 Å². The molecule has 0 saturated heterocycles. The molecule has 3 aromatic carbocycles. The van der Waals surface area contributed by atoms with Crippen LogP contribution in [-0.4, -0.2) is 63.2 Å². The average Bonchev–Trinajstić information content (AvgIpc) is 3.02. The molecule has 0 aliphatic rings. The maximum Gasteiger partial charge on any atom is 0.264 e. The molecule has 0 spiro atoms. The molecule has 3 rings (SSSR count). The van der Waals surface area contributed by atoms with Crippen LogP contribution in [0.2, 0.25) is 0 Å². The van der Waals surface area contributed by atoms with Gasteiger partial charge in [-0.05, 0) is 93.5 Å². The molecule has 0 bridgehead atoms. The van der Waals surface area contributed by atoms with Crippen LogP contribution in [0, 0.1) is 0 Å². The van der Waals surface area contributed by atoms with Crippen molar-refractivity contribution in [1.82, 2.24) is 10.2 Å². The van der Waals surface area contributed by atoms with Gasteiger partial charge < -0.3 is 15.0 Å². The molecule has 0 aromatic heterocycles. The highest BCUT2D eigenvalue weighted by atomic mass is 32.2. The van der Waals surface area contributed by atoms with Gasteiger partial charge in [-0.2, -0.15) is 0 Å². The lowest BCUT2D eigenvalue weighted by Gasteiger charge is -2.33. The average molecular weight is 626 g/mol. The van der Waals surface area contributed by atoms with Gasteiger partial charge in [0, 0.05) is 17.5 Å². The number of thioether (sulfide) groups is 1. The largest absolute Gasteiger partial charge is 0.494 e. The summed E-state index contributed by atoms with van der Waals surface area (Å²) in [5.74, 6) is -0.113. The van der Waals surface area contributed by atoms with E-state index in [0.29, 0.717) is 30.9 Å². The van der Waals surface area contributed by atoms with Gasteiger partial charge in [-0.25, -0.2) is 8.42 Å². The SMILES string of the molecule is CCOc1ccc(N(CC(=O)N(CCc2ccccc2)[C@@H](CC)C(=O)N[C@@H](C)CC)S(=O)(=O)c2ccc(SC)cc2)cc1. The van der Waals surface area contributed by atoms with Gasteiger partial charge >= 0.3 is 0 Å². The second-order valence-electron chi connectivity index (χ2n) is 10.2. The van der Waals surface area contributed by atoms with Crippen LogP contribution >= 0.6 is 11.8 Å². The molecule has 0 saturated carbocycles. The number of sulfonamides is 1. The van der Waals surface area contributed by atoms with Crippen LogP contribution in [-0.2, 0) is 26.0 Å². The molecule has 0 heterocycles. The van der Waals surface area contributed by atoms with Gasteiger partial charge in [0.2, 0.25) is 11.8 Å². The second-order valence-corrected chi connectivity index (χ2v) is 12.9. The number of carbonyl (C=O) groups excluding carboxylic acids is 2.